The van der Waals surface area contributed by atoms with Crippen molar-refractivity contribution >= 4 is 11.7 Å². The minimum atomic E-state index is -0.765. The Bertz CT molecular complexity index is 608. The SMILES string of the molecule is Cc1ccc(C)c(N(CCC(=O)O)Cc2ccccc2)c1. The summed E-state index contributed by atoms with van der Waals surface area (Å²) >= 11 is 0. The normalized spacial score (nSPS) is 10.4. The maximum absolute atomic E-state index is 10.9. The highest BCUT2D eigenvalue weighted by molar-refractivity contribution is 5.68. The van der Waals surface area contributed by atoms with E-state index in [0.29, 0.717) is 6.54 Å². The molecule has 0 bridgehead atoms. The molecule has 0 aliphatic rings. The minimum Gasteiger partial charge on any atom is -0.481 e. The molecule has 0 saturated heterocycles. The molecule has 0 atom stereocenters. The van der Waals surface area contributed by atoms with Gasteiger partial charge in [-0.05, 0) is 36.6 Å². The summed E-state index contributed by atoms with van der Waals surface area (Å²) in [6.45, 7) is 5.35. The molecule has 3 heteroatoms. The predicted molar refractivity (Wildman–Crippen MR) is 85.7 cm³/mol. The Morgan fingerprint density at radius 1 is 1.10 bits per heavy atom. The zero-order valence-electron chi connectivity index (χ0n) is 12.5. The standard InChI is InChI=1S/C18H21NO2/c1-14-8-9-15(2)17(12-14)19(11-10-18(20)21)13-16-6-4-3-5-7-16/h3-9,12H,10-11,13H2,1-2H3,(H,20,21). The number of aliphatic carboxylic acids is 1. The molecule has 0 aromatic heterocycles. The van der Waals surface area contributed by atoms with E-state index < -0.39 is 5.97 Å². The third kappa shape index (κ3) is 4.35. The lowest BCUT2D eigenvalue weighted by atomic mass is 10.1. The number of rotatable bonds is 6. The molecule has 2 rings (SSSR count). The van der Waals surface area contributed by atoms with Crippen molar-refractivity contribution in [3.8, 4) is 0 Å². The van der Waals surface area contributed by atoms with Gasteiger partial charge in [0, 0.05) is 18.8 Å². The van der Waals surface area contributed by atoms with Crippen LogP contribution in [-0.2, 0) is 11.3 Å². The Morgan fingerprint density at radius 3 is 2.48 bits per heavy atom. The molecule has 110 valence electrons. The van der Waals surface area contributed by atoms with Gasteiger partial charge in [-0.25, -0.2) is 0 Å². The number of anilines is 1. The van der Waals surface area contributed by atoms with Crippen LogP contribution in [0.1, 0.15) is 23.1 Å². The number of benzene rings is 2. The summed E-state index contributed by atoms with van der Waals surface area (Å²) in [5.41, 5.74) is 4.65. The van der Waals surface area contributed by atoms with Crippen molar-refractivity contribution in [3.63, 3.8) is 0 Å². The molecule has 21 heavy (non-hydrogen) atoms. The molecule has 0 fully saturated rings. The summed E-state index contributed by atoms with van der Waals surface area (Å²) in [6.07, 6.45) is 0.139. The molecule has 1 N–H and O–H groups in total. The number of nitrogens with zero attached hydrogens (tertiary/aromatic N) is 1. The summed E-state index contributed by atoms with van der Waals surface area (Å²) in [4.78, 5) is 13.1. The van der Waals surface area contributed by atoms with Gasteiger partial charge in [-0.15, -0.1) is 0 Å². The summed E-state index contributed by atoms with van der Waals surface area (Å²) < 4.78 is 0. The Hall–Kier alpha value is -2.29. The number of carbonyl (C=O) groups is 1. The smallest absolute Gasteiger partial charge is 0.305 e. The van der Waals surface area contributed by atoms with E-state index >= 15 is 0 Å². The molecule has 0 amide bonds. The maximum atomic E-state index is 10.9. The van der Waals surface area contributed by atoms with Crippen molar-refractivity contribution in [1.29, 1.82) is 0 Å². The molecule has 0 aliphatic carbocycles. The Balaban J connectivity index is 2.26. The third-order valence-electron chi connectivity index (χ3n) is 3.52. The zero-order chi connectivity index (χ0) is 15.2. The van der Waals surface area contributed by atoms with Gasteiger partial charge in [0.1, 0.15) is 0 Å². The van der Waals surface area contributed by atoms with Crippen LogP contribution < -0.4 is 4.90 Å². The molecule has 0 heterocycles. The van der Waals surface area contributed by atoms with E-state index in [-0.39, 0.29) is 6.42 Å². The van der Waals surface area contributed by atoms with E-state index in [2.05, 4.69) is 49.1 Å². The lowest BCUT2D eigenvalue weighted by Crippen LogP contribution is -2.26. The molecule has 0 spiro atoms. The summed E-state index contributed by atoms with van der Waals surface area (Å²) in [7, 11) is 0. The van der Waals surface area contributed by atoms with E-state index in [9.17, 15) is 4.79 Å². The van der Waals surface area contributed by atoms with Crippen LogP contribution in [0.4, 0.5) is 5.69 Å². The molecule has 3 nitrogen and oxygen atoms in total. The van der Waals surface area contributed by atoms with Gasteiger partial charge in [-0.1, -0.05) is 42.5 Å². The quantitative estimate of drug-likeness (QED) is 0.877. The highest BCUT2D eigenvalue weighted by atomic mass is 16.4. The van der Waals surface area contributed by atoms with E-state index in [1.54, 1.807) is 0 Å². The molecular weight excluding hydrogens is 262 g/mol. The number of hydrogen-bond acceptors (Lipinski definition) is 2. The van der Waals surface area contributed by atoms with E-state index in [0.717, 1.165) is 12.2 Å². The average Bonchev–Trinajstić information content (AvgIpc) is 2.47. The van der Waals surface area contributed by atoms with Crippen LogP contribution in [0.25, 0.3) is 0 Å². The van der Waals surface area contributed by atoms with Crippen molar-refractivity contribution in [2.75, 3.05) is 11.4 Å². The second kappa shape index (κ2) is 6.93. The van der Waals surface area contributed by atoms with Crippen molar-refractivity contribution in [2.24, 2.45) is 0 Å². The first-order valence-corrected chi connectivity index (χ1v) is 7.14. The largest absolute Gasteiger partial charge is 0.481 e. The van der Waals surface area contributed by atoms with Crippen molar-refractivity contribution < 1.29 is 9.90 Å². The molecule has 2 aromatic carbocycles. The monoisotopic (exact) mass is 283 g/mol. The highest BCUT2D eigenvalue weighted by Gasteiger charge is 2.12. The maximum Gasteiger partial charge on any atom is 0.305 e. The van der Waals surface area contributed by atoms with Gasteiger partial charge >= 0.3 is 5.97 Å². The van der Waals surface area contributed by atoms with Crippen LogP contribution in [-0.4, -0.2) is 17.6 Å². The van der Waals surface area contributed by atoms with E-state index in [1.165, 1.54) is 16.7 Å². The highest BCUT2D eigenvalue weighted by Crippen LogP contribution is 2.23. The van der Waals surface area contributed by atoms with Gasteiger partial charge in [0.25, 0.3) is 0 Å². The average molecular weight is 283 g/mol. The number of carboxylic acids is 1. The summed E-state index contributed by atoms with van der Waals surface area (Å²) in [6, 6.07) is 16.4. The van der Waals surface area contributed by atoms with Crippen LogP contribution in [0, 0.1) is 13.8 Å². The first-order valence-electron chi connectivity index (χ1n) is 7.14. The van der Waals surface area contributed by atoms with Crippen molar-refractivity contribution in [3.05, 3.63) is 65.2 Å². The van der Waals surface area contributed by atoms with E-state index in [4.69, 9.17) is 5.11 Å². The second-order valence-electron chi connectivity index (χ2n) is 5.34. The molecule has 0 unspecified atom stereocenters. The van der Waals surface area contributed by atoms with Gasteiger partial charge < -0.3 is 10.0 Å². The van der Waals surface area contributed by atoms with Crippen molar-refractivity contribution in [2.45, 2.75) is 26.8 Å². The zero-order valence-corrected chi connectivity index (χ0v) is 12.5. The van der Waals surface area contributed by atoms with Crippen LogP contribution in [0.5, 0.6) is 0 Å². The molecular formula is C18H21NO2. The van der Waals surface area contributed by atoms with Crippen LogP contribution in [0.15, 0.2) is 48.5 Å². The number of carboxylic acid groups (broad SMARTS) is 1. The van der Waals surface area contributed by atoms with Crippen LogP contribution >= 0.6 is 0 Å². The first kappa shape index (κ1) is 15.1. The number of hydrogen-bond donors (Lipinski definition) is 1. The summed E-state index contributed by atoms with van der Waals surface area (Å²) in [5.74, 6) is -0.765. The number of aryl methyl sites for hydroxylation is 2. The van der Waals surface area contributed by atoms with Crippen LogP contribution in [0.2, 0.25) is 0 Å². The van der Waals surface area contributed by atoms with Gasteiger partial charge in [-0.2, -0.15) is 0 Å². The lowest BCUT2D eigenvalue weighted by Gasteiger charge is -2.26. The lowest BCUT2D eigenvalue weighted by molar-refractivity contribution is -0.136. The van der Waals surface area contributed by atoms with Crippen molar-refractivity contribution in [1.82, 2.24) is 0 Å². The Labute approximate surface area is 125 Å². The van der Waals surface area contributed by atoms with Gasteiger partial charge in [0.2, 0.25) is 0 Å². The van der Waals surface area contributed by atoms with Crippen LogP contribution in [0.3, 0.4) is 0 Å². The minimum absolute atomic E-state index is 0.139. The molecule has 0 aliphatic heterocycles. The topological polar surface area (TPSA) is 40.5 Å². The molecule has 0 radical (unpaired) electrons. The molecule has 2 aromatic rings. The fourth-order valence-electron chi connectivity index (χ4n) is 2.38. The first-order chi connectivity index (χ1) is 10.1. The third-order valence-corrected chi connectivity index (χ3v) is 3.52. The second-order valence-corrected chi connectivity index (χ2v) is 5.34. The van der Waals surface area contributed by atoms with Gasteiger partial charge in [-0.3, -0.25) is 4.79 Å². The molecule has 0 saturated carbocycles. The summed E-state index contributed by atoms with van der Waals surface area (Å²) in [5, 5.41) is 8.97. The van der Waals surface area contributed by atoms with E-state index in [1.807, 2.05) is 18.2 Å². The van der Waals surface area contributed by atoms with Gasteiger partial charge in [0.15, 0.2) is 0 Å². The fraction of sp³-hybridized carbons (Fsp3) is 0.278. The Kier molecular flexibility index (Phi) is 4.99. The van der Waals surface area contributed by atoms with Gasteiger partial charge in [0.05, 0.1) is 6.42 Å². The fourth-order valence-corrected chi connectivity index (χ4v) is 2.38. The Morgan fingerprint density at radius 2 is 1.81 bits per heavy atom. The predicted octanol–water partition coefficient (Wildman–Crippen LogP) is 3.78.